The predicted octanol–water partition coefficient (Wildman–Crippen LogP) is 4.69. The molecule has 0 unspecified atom stereocenters. The lowest BCUT2D eigenvalue weighted by Gasteiger charge is -2.12. The third-order valence-corrected chi connectivity index (χ3v) is 6.43. The number of amides is 3. The highest BCUT2D eigenvalue weighted by Gasteiger charge is 2.35. The Morgan fingerprint density at radius 2 is 1.71 bits per heavy atom. The van der Waals surface area contributed by atoms with Crippen molar-refractivity contribution in [2.45, 2.75) is 20.4 Å². The van der Waals surface area contributed by atoms with E-state index >= 15 is 0 Å². The number of halogens is 1. The molecule has 0 spiro atoms. The van der Waals surface area contributed by atoms with Gasteiger partial charge in [0.15, 0.2) is 0 Å². The van der Waals surface area contributed by atoms with E-state index in [9.17, 15) is 18.8 Å². The lowest BCUT2D eigenvalue weighted by atomic mass is 10.1. The van der Waals surface area contributed by atoms with Gasteiger partial charge >= 0.3 is 6.03 Å². The number of carbonyl (C=O) groups excluding carboxylic acids is 2. The molecule has 0 saturated carbocycles. The van der Waals surface area contributed by atoms with Gasteiger partial charge < -0.3 is 10.1 Å². The number of hydrogen-bond donors (Lipinski definition) is 2. The summed E-state index contributed by atoms with van der Waals surface area (Å²) in [6.07, 6.45) is 1.35. The molecule has 8 nitrogen and oxygen atoms in total. The van der Waals surface area contributed by atoms with E-state index in [1.54, 1.807) is 30.3 Å². The summed E-state index contributed by atoms with van der Waals surface area (Å²) in [6.45, 7) is 3.62. The maximum absolute atomic E-state index is 14.2. The maximum atomic E-state index is 14.2. The van der Waals surface area contributed by atoms with E-state index in [0.29, 0.717) is 22.7 Å². The number of hydrogen-bond acceptors (Lipinski definition) is 4. The topological polar surface area (TPSA) is 96.4 Å². The summed E-state index contributed by atoms with van der Waals surface area (Å²) in [5, 5.41) is 5.70. The molecule has 0 aliphatic carbocycles. The SMILES string of the molecule is COc1ccccc1-c1[nH]n(-c2ccc(C)cc2C)c(=O)c1/C=C1\NC(=O)N(Cc2ccccc2F)C1=O. The minimum absolute atomic E-state index is 0.0913. The Morgan fingerprint density at radius 3 is 2.45 bits per heavy atom. The maximum Gasteiger partial charge on any atom is 0.329 e. The van der Waals surface area contributed by atoms with Crippen LogP contribution in [-0.4, -0.2) is 33.7 Å². The number of aromatic amines is 1. The molecule has 1 aliphatic rings. The lowest BCUT2D eigenvalue weighted by Crippen LogP contribution is -2.30. The van der Waals surface area contributed by atoms with Crippen molar-refractivity contribution in [1.82, 2.24) is 20.0 Å². The fraction of sp³-hybridized carbons (Fsp3) is 0.138. The number of aryl methyl sites for hydroxylation is 2. The summed E-state index contributed by atoms with van der Waals surface area (Å²) in [7, 11) is 1.53. The first kappa shape index (κ1) is 24.8. The number of ether oxygens (including phenoxy) is 1. The van der Waals surface area contributed by atoms with Crippen LogP contribution in [0.4, 0.5) is 9.18 Å². The van der Waals surface area contributed by atoms with Crippen LogP contribution in [0, 0.1) is 19.7 Å². The molecule has 3 aromatic carbocycles. The molecule has 2 heterocycles. The molecule has 0 bridgehead atoms. The number of H-pyrrole nitrogens is 1. The number of rotatable bonds is 6. The van der Waals surface area contributed by atoms with E-state index in [4.69, 9.17) is 4.74 Å². The number of nitrogens with one attached hydrogen (secondary N) is 2. The van der Waals surface area contributed by atoms with Gasteiger partial charge in [0.25, 0.3) is 11.5 Å². The van der Waals surface area contributed by atoms with Crippen LogP contribution < -0.4 is 15.6 Å². The van der Waals surface area contributed by atoms with Gasteiger partial charge in [-0.1, -0.05) is 48.0 Å². The van der Waals surface area contributed by atoms with E-state index in [2.05, 4.69) is 10.4 Å². The molecule has 3 amide bonds. The van der Waals surface area contributed by atoms with Crippen LogP contribution in [0.1, 0.15) is 22.3 Å². The molecule has 1 aromatic heterocycles. The monoisotopic (exact) mass is 512 g/mol. The zero-order valence-corrected chi connectivity index (χ0v) is 21.0. The summed E-state index contributed by atoms with van der Waals surface area (Å²) in [6, 6.07) is 18.1. The van der Waals surface area contributed by atoms with Gasteiger partial charge in [-0.25, -0.2) is 13.9 Å². The zero-order valence-electron chi connectivity index (χ0n) is 21.0. The first-order valence-corrected chi connectivity index (χ1v) is 11.9. The van der Waals surface area contributed by atoms with E-state index < -0.39 is 23.3 Å². The number of methoxy groups -OCH3 is 1. The van der Waals surface area contributed by atoms with Crippen molar-refractivity contribution < 1.29 is 18.7 Å². The number of urea groups is 1. The summed E-state index contributed by atoms with van der Waals surface area (Å²) in [4.78, 5) is 40.5. The Hall–Kier alpha value is -4.92. The summed E-state index contributed by atoms with van der Waals surface area (Å²) < 4.78 is 21.1. The Morgan fingerprint density at radius 1 is 0.974 bits per heavy atom. The van der Waals surface area contributed by atoms with Gasteiger partial charge in [0.05, 0.1) is 30.6 Å². The summed E-state index contributed by atoms with van der Waals surface area (Å²) in [5.74, 6) is -0.669. The van der Waals surface area contributed by atoms with Crippen molar-refractivity contribution >= 4 is 18.0 Å². The second-order valence-electron chi connectivity index (χ2n) is 9.00. The molecule has 4 aromatic rings. The van der Waals surface area contributed by atoms with Gasteiger partial charge in [0.2, 0.25) is 0 Å². The molecule has 1 saturated heterocycles. The average molecular weight is 513 g/mol. The summed E-state index contributed by atoms with van der Waals surface area (Å²) >= 11 is 0. The Labute approximate surface area is 218 Å². The number of imide groups is 1. The number of para-hydroxylation sites is 1. The van der Waals surface area contributed by atoms with Crippen molar-refractivity contribution in [3.63, 3.8) is 0 Å². The molecule has 1 fully saturated rings. The van der Waals surface area contributed by atoms with Crippen LogP contribution in [-0.2, 0) is 11.3 Å². The van der Waals surface area contributed by atoms with Gasteiger partial charge in [0.1, 0.15) is 17.3 Å². The van der Waals surface area contributed by atoms with E-state index in [1.165, 1.54) is 36.1 Å². The van der Waals surface area contributed by atoms with E-state index in [-0.39, 0.29) is 23.4 Å². The minimum atomic E-state index is -0.700. The Balaban J connectivity index is 1.63. The highest BCUT2D eigenvalue weighted by atomic mass is 19.1. The molecular weight excluding hydrogens is 487 g/mol. The predicted molar refractivity (Wildman–Crippen MR) is 141 cm³/mol. The molecular formula is C29H25FN4O4. The largest absolute Gasteiger partial charge is 0.496 e. The smallest absolute Gasteiger partial charge is 0.329 e. The number of nitrogens with zero attached hydrogens (tertiary/aromatic N) is 2. The Bertz CT molecular complexity index is 1670. The van der Waals surface area contributed by atoms with E-state index in [0.717, 1.165) is 16.0 Å². The van der Waals surface area contributed by atoms with Crippen molar-refractivity contribution in [2.75, 3.05) is 7.11 Å². The highest BCUT2D eigenvalue weighted by Crippen LogP contribution is 2.32. The zero-order chi connectivity index (χ0) is 27.0. The molecule has 0 radical (unpaired) electrons. The third kappa shape index (κ3) is 4.39. The van der Waals surface area contributed by atoms with Crippen LogP contribution in [0.5, 0.6) is 5.75 Å². The fourth-order valence-corrected chi connectivity index (χ4v) is 4.52. The van der Waals surface area contributed by atoms with Gasteiger partial charge in [-0.05, 0) is 49.8 Å². The van der Waals surface area contributed by atoms with Gasteiger partial charge in [0, 0.05) is 11.1 Å². The fourth-order valence-electron chi connectivity index (χ4n) is 4.52. The minimum Gasteiger partial charge on any atom is -0.496 e. The molecule has 9 heteroatoms. The first-order chi connectivity index (χ1) is 18.3. The van der Waals surface area contributed by atoms with Crippen LogP contribution in [0.25, 0.3) is 23.0 Å². The summed E-state index contributed by atoms with van der Waals surface area (Å²) in [5.41, 5.74) is 3.43. The van der Waals surface area contributed by atoms with Crippen molar-refractivity contribution in [3.8, 4) is 22.7 Å². The van der Waals surface area contributed by atoms with Gasteiger partial charge in [-0.2, -0.15) is 0 Å². The third-order valence-electron chi connectivity index (χ3n) is 6.43. The second kappa shape index (κ2) is 9.85. The average Bonchev–Trinajstić information content (AvgIpc) is 3.36. The normalized spacial score (nSPS) is 14.3. The molecule has 38 heavy (non-hydrogen) atoms. The van der Waals surface area contributed by atoms with Crippen molar-refractivity contribution in [3.05, 3.63) is 111 Å². The highest BCUT2D eigenvalue weighted by molar-refractivity contribution is 6.14. The van der Waals surface area contributed by atoms with Crippen LogP contribution in [0.15, 0.2) is 77.2 Å². The number of carbonyl (C=O) groups is 2. The lowest BCUT2D eigenvalue weighted by molar-refractivity contribution is -0.123. The number of benzene rings is 3. The van der Waals surface area contributed by atoms with Gasteiger partial charge in [-0.3, -0.25) is 19.6 Å². The molecule has 192 valence electrons. The molecule has 0 atom stereocenters. The van der Waals surface area contributed by atoms with E-state index in [1.807, 2.05) is 32.0 Å². The quantitative estimate of drug-likeness (QED) is 0.289. The standard InChI is InChI=1S/C29H25FN4O4/c1-17-12-13-24(18(2)14-17)34-27(35)21(26(32-34)20-9-5-7-11-25(20)38-3)15-23-28(36)33(29(37)31-23)16-19-8-4-6-10-22(19)30/h4-15,32H,16H2,1-3H3,(H,31,37)/b23-15-. The number of aromatic nitrogens is 2. The molecule has 5 rings (SSSR count). The van der Waals surface area contributed by atoms with Gasteiger partial charge in [-0.15, -0.1) is 0 Å². The van der Waals surface area contributed by atoms with Crippen molar-refractivity contribution in [1.29, 1.82) is 0 Å². The molecule has 2 N–H and O–H groups in total. The molecule has 1 aliphatic heterocycles. The van der Waals surface area contributed by atoms with Crippen LogP contribution >= 0.6 is 0 Å². The second-order valence-corrected chi connectivity index (χ2v) is 9.00. The van der Waals surface area contributed by atoms with Crippen molar-refractivity contribution in [2.24, 2.45) is 0 Å². The van der Waals surface area contributed by atoms with Crippen LogP contribution in [0.3, 0.4) is 0 Å². The Kier molecular flexibility index (Phi) is 6.42. The van der Waals surface area contributed by atoms with Crippen LogP contribution in [0.2, 0.25) is 0 Å². The first-order valence-electron chi connectivity index (χ1n) is 11.9.